The van der Waals surface area contributed by atoms with E-state index in [2.05, 4.69) is 15.5 Å². The molecule has 0 aromatic heterocycles. The van der Waals surface area contributed by atoms with E-state index in [9.17, 15) is 9.59 Å². The van der Waals surface area contributed by atoms with Crippen molar-refractivity contribution in [2.45, 2.75) is 19.4 Å². The minimum absolute atomic E-state index is 0.197. The van der Waals surface area contributed by atoms with E-state index in [0.29, 0.717) is 32.6 Å². The van der Waals surface area contributed by atoms with Crippen molar-refractivity contribution in [3.05, 3.63) is 60.2 Å². The minimum atomic E-state index is -0.951. The van der Waals surface area contributed by atoms with Crippen molar-refractivity contribution in [2.75, 3.05) is 36.5 Å². The number of nitrogens with one attached hydrogen (secondary N) is 2. The molecule has 1 aliphatic carbocycles. The molecule has 0 unspecified atom stereocenters. The first kappa shape index (κ1) is 18.5. The molecule has 28 heavy (non-hydrogen) atoms. The molecule has 4 rings (SSSR count). The minimum Gasteiger partial charge on any atom is -0.378 e. The van der Waals surface area contributed by atoms with E-state index >= 15 is 0 Å². The third-order valence-electron chi connectivity index (χ3n) is 5.42. The summed E-state index contributed by atoms with van der Waals surface area (Å²) in [5.41, 5.74) is 1.79. The van der Waals surface area contributed by atoms with Gasteiger partial charge in [0.1, 0.15) is 5.41 Å². The molecule has 6 nitrogen and oxygen atoms in total. The highest BCUT2D eigenvalue weighted by Gasteiger charge is 2.56. The van der Waals surface area contributed by atoms with Crippen LogP contribution in [0.15, 0.2) is 54.6 Å². The Morgan fingerprint density at radius 3 is 2.32 bits per heavy atom. The second kappa shape index (κ2) is 8.02. The molecule has 2 N–H and O–H groups in total. The fourth-order valence-electron chi connectivity index (χ4n) is 3.53. The zero-order valence-electron chi connectivity index (χ0n) is 15.8. The number of rotatable bonds is 6. The van der Waals surface area contributed by atoms with Crippen LogP contribution in [-0.4, -0.2) is 38.1 Å². The van der Waals surface area contributed by atoms with E-state index in [1.165, 1.54) is 0 Å². The lowest BCUT2D eigenvalue weighted by molar-refractivity contribution is -0.134. The molecule has 0 radical (unpaired) electrons. The van der Waals surface area contributed by atoms with Gasteiger partial charge in [-0.1, -0.05) is 42.5 Å². The van der Waals surface area contributed by atoms with E-state index in [4.69, 9.17) is 4.74 Å². The Labute approximate surface area is 164 Å². The number of carbonyl (C=O) groups is 2. The van der Waals surface area contributed by atoms with Gasteiger partial charge in [-0.15, -0.1) is 0 Å². The van der Waals surface area contributed by atoms with Crippen LogP contribution in [0.1, 0.15) is 18.4 Å². The molecule has 1 saturated carbocycles. The molecule has 2 aliphatic rings. The predicted octanol–water partition coefficient (Wildman–Crippen LogP) is 2.56. The van der Waals surface area contributed by atoms with E-state index in [1.54, 1.807) is 0 Å². The third kappa shape index (κ3) is 3.87. The number of hydrogen-bond donors (Lipinski definition) is 2. The summed E-state index contributed by atoms with van der Waals surface area (Å²) in [5.74, 6) is -0.420. The monoisotopic (exact) mass is 379 g/mol. The quantitative estimate of drug-likeness (QED) is 0.757. The number of morpholine rings is 1. The molecule has 0 bridgehead atoms. The number of hydrogen-bond acceptors (Lipinski definition) is 4. The summed E-state index contributed by atoms with van der Waals surface area (Å²) in [6.07, 6.45) is 1.17. The topological polar surface area (TPSA) is 70.7 Å². The van der Waals surface area contributed by atoms with Crippen molar-refractivity contribution in [1.29, 1.82) is 0 Å². The molecular formula is C22H25N3O3. The van der Waals surface area contributed by atoms with Crippen LogP contribution in [0.4, 0.5) is 11.4 Å². The highest BCUT2D eigenvalue weighted by atomic mass is 16.5. The van der Waals surface area contributed by atoms with Gasteiger partial charge in [0.2, 0.25) is 11.8 Å². The smallest absolute Gasteiger partial charge is 0.240 e. The van der Waals surface area contributed by atoms with Gasteiger partial charge in [-0.3, -0.25) is 9.59 Å². The van der Waals surface area contributed by atoms with Crippen molar-refractivity contribution in [3.63, 3.8) is 0 Å². The van der Waals surface area contributed by atoms with Gasteiger partial charge in [-0.25, -0.2) is 0 Å². The average Bonchev–Trinajstić information content (AvgIpc) is 3.56. The van der Waals surface area contributed by atoms with E-state index in [-0.39, 0.29) is 11.8 Å². The molecule has 0 atom stereocenters. The van der Waals surface area contributed by atoms with Gasteiger partial charge in [0.25, 0.3) is 0 Å². The number of benzene rings is 2. The SMILES string of the molecule is O=C(NCc1ccccc1)C1(C(=O)Nc2ccccc2N2CCOCC2)CC1. The fourth-order valence-corrected chi connectivity index (χ4v) is 3.53. The maximum Gasteiger partial charge on any atom is 0.240 e. The Bertz CT molecular complexity index is 843. The summed E-state index contributed by atoms with van der Waals surface area (Å²) in [7, 11) is 0. The summed E-state index contributed by atoms with van der Waals surface area (Å²) >= 11 is 0. The number of ether oxygens (including phenoxy) is 1. The molecule has 2 aromatic carbocycles. The van der Waals surface area contributed by atoms with Crippen LogP contribution in [0.3, 0.4) is 0 Å². The average molecular weight is 379 g/mol. The summed E-state index contributed by atoms with van der Waals surface area (Å²) in [4.78, 5) is 27.9. The Morgan fingerprint density at radius 2 is 1.61 bits per heavy atom. The molecule has 2 aromatic rings. The first-order chi connectivity index (χ1) is 13.7. The highest BCUT2D eigenvalue weighted by molar-refractivity contribution is 6.13. The van der Waals surface area contributed by atoms with Crippen LogP contribution in [-0.2, 0) is 20.9 Å². The molecule has 2 fully saturated rings. The second-order valence-corrected chi connectivity index (χ2v) is 7.32. The van der Waals surface area contributed by atoms with Gasteiger partial charge >= 0.3 is 0 Å². The molecule has 0 spiro atoms. The number of carbonyl (C=O) groups excluding carboxylic acids is 2. The lowest BCUT2D eigenvalue weighted by Gasteiger charge is -2.30. The molecular weight excluding hydrogens is 354 g/mol. The van der Waals surface area contributed by atoms with E-state index in [1.807, 2.05) is 54.6 Å². The van der Waals surface area contributed by atoms with Crippen LogP contribution in [0, 0.1) is 5.41 Å². The third-order valence-corrected chi connectivity index (χ3v) is 5.42. The van der Waals surface area contributed by atoms with Gasteiger partial charge in [0.05, 0.1) is 24.6 Å². The number of anilines is 2. The Balaban J connectivity index is 1.42. The van der Waals surface area contributed by atoms with Crippen LogP contribution in [0.5, 0.6) is 0 Å². The summed E-state index contributed by atoms with van der Waals surface area (Å²) < 4.78 is 5.42. The van der Waals surface area contributed by atoms with Crippen molar-refractivity contribution < 1.29 is 14.3 Å². The fraction of sp³-hybridized carbons (Fsp3) is 0.364. The molecule has 1 saturated heterocycles. The predicted molar refractivity (Wildman–Crippen MR) is 108 cm³/mol. The highest BCUT2D eigenvalue weighted by Crippen LogP contribution is 2.47. The van der Waals surface area contributed by atoms with Gasteiger partial charge < -0.3 is 20.3 Å². The normalized spacial score (nSPS) is 17.6. The first-order valence-electron chi connectivity index (χ1n) is 9.74. The van der Waals surface area contributed by atoms with E-state index in [0.717, 1.165) is 30.0 Å². The molecule has 1 aliphatic heterocycles. The molecule has 2 amide bonds. The van der Waals surface area contributed by atoms with Crippen molar-refractivity contribution in [3.8, 4) is 0 Å². The number of amides is 2. The summed E-state index contributed by atoms with van der Waals surface area (Å²) in [6, 6.07) is 17.5. The largest absolute Gasteiger partial charge is 0.378 e. The van der Waals surface area contributed by atoms with Crippen LogP contribution < -0.4 is 15.5 Å². The summed E-state index contributed by atoms with van der Waals surface area (Å²) in [5, 5.41) is 5.93. The number of nitrogens with zero attached hydrogens (tertiary/aromatic N) is 1. The van der Waals surface area contributed by atoms with Gasteiger partial charge in [-0.05, 0) is 30.5 Å². The van der Waals surface area contributed by atoms with Crippen LogP contribution in [0.25, 0.3) is 0 Å². The van der Waals surface area contributed by atoms with E-state index < -0.39 is 5.41 Å². The molecule has 1 heterocycles. The Kier molecular flexibility index (Phi) is 5.30. The zero-order chi connectivity index (χ0) is 19.4. The van der Waals surface area contributed by atoms with Crippen molar-refractivity contribution in [2.24, 2.45) is 5.41 Å². The van der Waals surface area contributed by atoms with Crippen LogP contribution in [0.2, 0.25) is 0 Å². The zero-order valence-corrected chi connectivity index (χ0v) is 15.8. The lowest BCUT2D eigenvalue weighted by atomic mass is 10.0. The van der Waals surface area contributed by atoms with Gasteiger partial charge in [0, 0.05) is 19.6 Å². The summed E-state index contributed by atoms with van der Waals surface area (Å²) in [6.45, 7) is 3.35. The van der Waals surface area contributed by atoms with Gasteiger partial charge in [-0.2, -0.15) is 0 Å². The lowest BCUT2D eigenvalue weighted by Crippen LogP contribution is -2.40. The molecule has 146 valence electrons. The maximum absolute atomic E-state index is 13.0. The van der Waals surface area contributed by atoms with Crippen LogP contribution >= 0.6 is 0 Å². The second-order valence-electron chi connectivity index (χ2n) is 7.32. The maximum atomic E-state index is 13.0. The standard InChI is InChI=1S/C22H25N3O3/c26-20(23-16-17-6-2-1-3-7-17)22(10-11-22)21(27)24-18-8-4-5-9-19(18)25-12-14-28-15-13-25/h1-9H,10-16H2,(H,23,26)(H,24,27). The molecule has 6 heteroatoms. The van der Waals surface area contributed by atoms with Crippen molar-refractivity contribution in [1.82, 2.24) is 5.32 Å². The Hall–Kier alpha value is -2.86. The van der Waals surface area contributed by atoms with Gasteiger partial charge in [0.15, 0.2) is 0 Å². The van der Waals surface area contributed by atoms with Crippen molar-refractivity contribution >= 4 is 23.2 Å². The number of para-hydroxylation sites is 2. The first-order valence-corrected chi connectivity index (χ1v) is 9.74. The Morgan fingerprint density at radius 1 is 0.929 bits per heavy atom.